The van der Waals surface area contributed by atoms with Crippen molar-refractivity contribution in [1.82, 2.24) is 15.1 Å². The molecule has 1 aliphatic heterocycles. The fourth-order valence-electron chi connectivity index (χ4n) is 4.49. The second-order valence-electron chi connectivity index (χ2n) is 9.01. The van der Waals surface area contributed by atoms with Gasteiger partial charge < -0.3 is 16.0 Å². The van der Waals surface area contributed by atoms with Crippen molar-refractivity contribution in [2.45, 2.75) is 44.8 Å². The highest BCUT2D eigenvalue weighted by atomic mass is 19.4. The summed E-state index contributed by atoms with van der Waals surface area (Å²) in [7, 11) is 1.54. The Morgan fingerprint density at radius 3 is 2.63 bits per heavy atom. The predicted molar refractivity (Wildman–Crippen MR) is 130 cm³/mol. The molecular weight excluding hydrogens is 459 g/mol. The van der Waals surface area contributed by atoms with Gasteiger partial charge in [-0.05, 0) is 73.7 Å². The van der Waals surface area contributed by atoms with Gasteiger partial charge in [-0.3, -0.25) is 9.59 Å². The van der Waals surface area contributed by atoms with Crippen LogP contribution in [0.15, 0.2) is 41.2 Å². The molecule has 3 N–H and O–H groups in total. The summed E-state index contributed by atoms with van der Waals surface area (Å²) in [6, 6.07) is 8.55. The maximum atomic E-state index is 13.5. The predicted octanol–water partition coefficient (Wildman–Crippen LogP) is 4.55. The molecule has 1 fully saturated rings. The number of halogens is 3. The minimum Gasteiger partial charge on any atom is -0.362 e. The number of nitrogens with one attached hydrogen (secondary N) is 3. The molecule has 0 spiro atoms. The van der Waals surface area contributed by atoms with Gasteiger partial charge in [-0.2, -0.15) is 18.3 Å². The molecule has 1 aromatic heterocycles. The van der Waals surface area contributed by atoms with Crippen LogP contribution in [0.25, 0.3) is 10.8 Å². The Kier molecular flexibility index (Phi) is 6.84. The van der Waals surface area contributed by atoms with Gasteiger partial charge in [0.1, 0.15) is 0 Å². The first-order valence-electron chi connectivity index (χ1n) is 11.5. The van der Waals surface area contributed by atoms with E-state index in [4.69, 9.17) is 0 Å². The van der Waals surface area contributed by atoms with E-state index < -0.39 is 23.7 Å². The molecule has 1 aliphatic rings. The SMILES string of the molecule is CC(=O)Nc1cc([C@@H](C)Nc2nn(C)c(=O)c3ccc(C4CCCNC4)cc23)cc(C(F)(F)F)c1. The fraction of sp³-hybridized carbons (Fsp3) is 0.400. The zero-order valence-electron chi connectivity index (χ0n) is 19.8. The lowest BCUT2D eigenvalue weighted by atomic mass is 9.90. The summed E-state index contributed by atoms with van der Waals surface area (Å²) in [6.07, 6.45) is -2.48. The molecule has 1 unspecified atom stereocenters. The molecule has 7 nitrogen and oxygen atoms in total. The van der Waals surface area contributed by atoms with Crippen LogP contribution >= 0.6 is 0 Å². The van der Waals surface area contributed by atoms with E-state index in [-0.39, 0.29) is 11.2 Å². The normalized spacial score (nSPS) is 17.3. The molecule has 4 rings (SSSR count). The molecule has 2 heterocycles. The zero-order valence-corrected chi connectivity index (χ0v) is 19.8. The van der Waals surface area contributed by atoms with Crippen LogP contribution in [0.4, 0.5) is 24.7 Å². The molecule has 0 saturated carbocycles. The summed E-state index contributed by atoms with van der Waals surface area (Å²) in [5.74, 6) is 0.246. The van der Waals surface area contributed by atoms with Crippen molar-refractivity contribution in [3.05, 3.63) is 63.4 Å². The quantitative estimate of drug-likeness (QED) is 0.492. The minimum absolute atomic E-state index is 0.0568. The van der Waals surface area contributed by atoms with Gasteiger partial charge in [0.2, 0.25) is 5.91 Å². The maximum Gasteiger partial charge on any atom is 0.416 e. The molecule has 10 heteroatoms. The van der Waals surface area contributed by atoms with E-state index in [0.717, 1.165) is 43.6 Å². The van der Waals surface area contributed by atoms with Gasteiger partial charge in [-0.15, -0.1) is 0 Å². The number of fused-ring (bicyclic) bond motifs is 1. The summed E-state index contributed by atoms with van der Waals surface area (Å²) >= 11 is 0. The van der Waals surface area contributed by atoms with Crippen molar-refractivity contribution in [1.29, 1.82) is 0 Å². The number of hydrogen-bond acceptors (Lipinski definition) is 5. The fourth-order valence-corrected chi connectivity index (χ4v) is 4.49. The minimum atomic E-state index is -4.58. The van der Waals surface area contributed by atoms with Crippen molar-refractivity contribution in [2.75, 3.05) is 23.7 Å². The van der Waals surface area contributed by atoms with E-state index >= 15 is 0 Å². The standard InChI is InChI=1S/C25H28F3N5O2/c1-14(18-9-19(25(26,27)28)12-20(10-18)31-15(2)34)30-23-22-11-16(17-5-4-8-29-13-17)6-7-21(22)24(35)33(3)32-23/h6-7,9-12,14,17,29H,4-5,8,13H2,1-3H3,(H,30,32)(H,31,34)/t14-,17?/m1/s1. The monoisotopic (exact) mass is 487 g/mol. The Bertz CT molecular complexity index is 1310. The van der Waals surface area contributed by atoms with Gasteiger partial charge in [0.15, 0.2) is 5.82 Å². The van der Waals surface area contributed by atoms with Crippen LogP contribution in [0.3, 0.4) is 0 Å². The van der Waals surface area contributed by atoms with Gasteiger partial charge in [0.05, 0.1) is 17.0 Å². The van der Waals surface area contributed by atoms with E-state index in [9.17, 15) is 22.8 Å². The van der Waals surface area contributed by atoms with E-state index in [0.29, 0.717) is 28.1 Å². The topological polar surface area (TPSA) is 88.1 Å². The van der Waals surface area contributed by atoms with Crippen molar-refractivity contribution < 1.29 is 18.0 Å². The number of aryl methyl sites for hydroxylation is 1. The largest absolute Gasteiger partial charge is 0.416 e. The third kappa shape index (κ3) is 5.48. The number of alkyl halides is 3. The van der Waals surface area contributed by atoms with Crippen LogP contribution in [0.1, 0.15) is 55.3 Å². The number of hydrogen-bond donors (Lipinski definition) is 3. The second-order valence-corrected chi connectivity index (χ2v) is 9.01. The second kappa shape index (κ2) is 9.69. The van der Waals surface area contributed by atoms with E-state index in [1.165, 1.54) is 24.7 Å². The van der Waals surface area contributed by atoms with Crippen LogP contribution in [0.2, 0.25) is 0 Å². The number of piperidine rings is 1. The lowest BCUT2D eigenvalue weighted by molar-refractivity contribution is -0.137. The van der Waals surface area contributed by atoms with Gasteiger partial charge in [0, 0.05) is 31.6 Å². The van der Waals surface area contributed by atoms with E-state index in [1.807, 2.05) is 12.1 Å². The Balaban J connectivity index is 1.75. The summed E-state index contributed by atoms with van der Waals surface area (Å²) in [4.78, 5) is 24.2. The Hall–Kier alpha value is -3.40. The average molecular weight is 488 g/mol. The molecule has 3 aromatic rings. The van der Waals surface area contributed by atoms with Crippen LogP contribution in [-0.2, 0) is 18.0 Å². The molecule has 35 heavy (non-hydrogen) atoms. The number of aromatic nitrogens is 2. The van der Waals surface area contributed by atoms with Crippen LogP contribution in [0, 0.1) is 0 Å². The highest BCUT2D eigenvalue weighted by Crippen LogP contribution is 2.35. The van der Waals surface area contributed by atoms with Gasteiger partial charge >= 0.3 is 6.18 Å². The Labute approximate surface area is 200 Å². The first kappa shape index (κ1) is 24.7. The summed E-state index contributed by atoms with van der Waals surface area (Å²) in [6.45, 7) is 4.77. The molecule has 0 radical (unpaired) electrons. The average Bonchev–Trinajstić information content (AvgIpc) is 2.81. The van der Waals surface area contributed by atoms with Gasteiger partial charge in [-0.25, -0.2) is 4.68 Å². The Morgan fingerprint density at radius 1 is 1.20 bits per heavy atom. The molecule has 2 atom stereocenters. The number of carbonyl (C=O) groups excluding carboxylic acids is 1. The van der Waals surface area contributed by atoms with E-state index in [2.05, 4.69) is 21.0 Å². The molecule has 2 aromatic carbocycles. The Morgan fingerprint density at radius 2 is 1.97 bits per heavy atom. The zero-order chi connectivity index (χ0) is 25.3. The number of anilines is 2. The molecule has 1 amide bonds. The third-order valence-corrected chi connectivity index (χ3v) is 6.30. The summed E-state index contributed by atoms with van der Waals surface area (Å²) < 4.78 is 41.8. The third-order valence-electron chi connectivity index (χ3n) is 6.30. The molecule has 0 aliphatic carbocycles. The number of benzene rings is 2. The van der Waals surface area contributed by atoms with Crippen molar-refractivity contribution in [3.63, 3.8) is 0 Å². The molecule has 0 bridgehead atoms. The van der Waals surface area contributed by atoms with Gasteiger partial charge in [-0.1, -0.05) is 6.07 Å². The lowest BCUT2D eigenvalue weighted by Gasteiger charge is -2.24. The lowest BCUT2D eigenvalue weighted by Crippen LogP contribution is -2.28. The first-order chi connectivity index (χ1) is 16.5. The number of rotatable bonds is 5. The van der Waals surface area contributed by atoms with Crippen molar-refractivity contribution >= 4 is 28.2 Å². The van der Waals surface area contributed by atoms with Gasteiger partial charge in [0.25, 0.3) is 5.56 Å². The van der Waals surface area contributed by atoms with Crippen LogP contribution in [0.5, 0.6) is 0 Å². The number of carbonyl (C=O) groups is 1. The summed E-state index contributed by atoms with van der Waals surface area (Å²) in [5.41, 5.74) is 0.347. The first-order valence-corrected chi connectivity index (χ1v) is 11.5. The maximum absolute atomic E-state index is 13.5. The van der Waals surface area contributed by atoms with Crippen LogP contribution < -0.4 is 21.5 Å². The molecule has 186 valence electrons. The highest BCUT2D eigenvalue weighted by Gasteiger charge is 2.32. The number of amides is 1. The molecular formula is C25H28F3N5O2. The smallest absolute Gasteiger partial charge is 0.362 e. The van der Waals surface area contributed by atoms with E-state index in [1.54, 1.807) is 13.0 Å². The summed E-state index contributed by atoms with van der Waals surface area (Å²) in [5, 5.41) is 14.5. The molecule has 1 saturated heterocycles. The number of nitrogens with zero attached hydrogens (tertiary/aromatic N) is 2. The van der Waals surface area contributed by atoms with Crippen molar-refractivity contribution in [3.8, 4) is 0 Å². The van der Waals surface area contributed by atoms with Crippen LogP contribution in [-0.4, -0.2) is 28.8 Å². The van der Waals surface area contributed by atoms with Crippen molar-refractivity contribution in [2.24, 2.45) is 7.05 Å². The highest BCUT2D eigenvalue weighted by molar-refractivity contribution is 5.92.